The second kappa shape index (κ2) is 10.2. The van der Waals surface area contributed by atoms with Crippen molar-refractivity contribution in [1.29, 1.82) is 0 Å². The summed E-state index contributed by atoms with van der Waals surface area (Å²) < 4.78 is 11.0. The Labute approximate surface area is 186 Å². The van der Waals surface area contributed by atoms with Crippen molar-refractivity contribution in [2.24, 2.45) is 0 Å². The third-order valence-corrected chi connectivity index (χ3v) is 5.46. The number of ether oxygens (including phenoxy) is 2. The highest BCUT2D eigenvalue weighted by molar-refractivity contribution is 7.80. The molecule has 0 radical (unpaired) electrons. The quantitative estimate of drug-likeness (QED) is 0.670. The molecule has 2 aliphatic rings. The summed E-state index contributed by atoms with van der Waals surface area (Å²) in [5.74, 6) is 2.23. The summed E-state index contributed by atoms with van der Waals surface area (Å²) in [5, 5.41) is 7.51. The summed E-state index contributed by atoms with van der Waals surface area (Å²) in [6, 6.07) is 9.68. The van der Waals surface area contributed by atoms with Gasteiger partial charge < -0.3 is 29.9 Å². The fourth-order valence-electron chi connectivity index (χ4n) is 3.32. The van der Waals surface area contributed by atoms with E-state index in [9.17, 15) is 0 Å². The maximum Gasteiger partial charge on any atom is 0.232 e. The highest BCUT2D eigenvalue weighted by Gasteiger charge is 2.19. The fourth-order valence-corrected chi connectivity index (χ4v) is 3.61. The highest BCUT2D eigenvalue weighted by Crippen LogP contribution is 2.23. The summed E-state index contributed by atoms with van der Waals surface area (Å²) in [5.41, 5.74) is 1.08. The molecule has 0 amide bonds. The summed E-state index contributed by atoms with van der Waals surface area (Å²) in [7, 11) is 0. The summed E-state index contributed by atoms with van der Waals surface area (Å²) in [6.07, 6.45) is 0. The van der Waals surface area contributed by atoms with Crippen LogP contribution in [0.3, 0.4) is 0 Å². The number of morpholine rings is 2. The SMILES string of the molecule is S=C(NCc1ccc(Cl)cc1)Nc1nc(N2CCOCC2)cc(N2CCOCC2)n1. The van der Waals surface area contributed by atoms with E-state index >= 15 is 0 Å². The number of hydrogen-bond acceptors (Lipinski definition) is 7. The third kappa shape index (κ3) is 5.69. The van der Waals surface area contributed by atoms with Crippen molar-refractivity contribution in [2.75, 3.05) is 67.7 Å². The van der Waals surface area contributed by atoms with Gasteiger partial charge in [-0.1, -0.05) is 23.7 Å². The molecule has 0 spiro atoms. The van der Waals surface area contributed by atoms with E-state index in [1.807, 2.05) is 30.3 Å². The van der Waals surface area contributed by atoms with E-state index < -0.39 is 0 Å². The van der Waals surface area contributed by atoms with Crippen LogP contribution in [0.1, 0.15) is 5.56 Å². The first kappa shape index (κ1) is 21.0. The van der Waals surface area contributed by atoms with Crippen molar-refractivity contribution < 1.29 is 9.47 Å². The summed E-state index contributed by atoms with van der Waals surface area (Å²) >= 11 is 11.4. The molecule has 4 rings (SSSR count). The topological polar surface area (TPSA) is 74.8 Å². The van der Waals surface area contributed by atoms with Crippen LogP contribution in [0.4, 0.5) is 17.6 Å². The van der Waals surface area contributed by atoms with Gasteiger partial charge >= 0.3 is 0 Å². The summed E-state index contributed by atoms with van der Waals surface area (Å²) in [6.45, 7) is 6.58. The van der Waals surface area contributed by atoms with Gasteiger partial charge in [-0.05, 0) is 29.9 Å². The molecule has 2 N–H and O–H groups in total. The molecule has 160 valence electrons. The number of thiocarbonyl (C=S) groups is 1. The molecular weight excluding hydrogens is 424 g/mol. The number of rotatable bonds is 5. The van der Waals surface area contributed by atoms with Crippen LogP contribution in [0.25, 0.3) is 0 Å². The molecule has 2 aromatic rings. The molecule has 0 bridgehead atoms. The van der Waals surface area contributed by atoms with E-state index in [-0.39, 0.29) is 0 Å². The smallest absolute Gasteiger partial charge is 0.232 e. The first-order valence-corrected chi connectivity index (χ1v) is 10.8. The molecule has 0 atom stereocenters. The van der Waals surface area contributed by atoms with Gasteiger partial charge in [0.15, 0.2) is 5.11 Å². The first-order chi connectivity index (χ1) is 14.7. The maximum atomic E-state index is 5.94. The number of halogens is 1. The monoisotopic (exact) mass is 448 g/mol. The zero-order valence-corrected chi connectivity index (χ0v) is 18.2. The Balaban J connectivity index is 1.47. The summed E-state index contributed by atoms with van der Waals surface area (Å²) in [4.78, 5) is 13.8. The van der Waals surface area contributed by atoms with E-state index in [1.54, 1.807) is 0 Å². The number of aromatic nitrogens is 2. The molecule has 2 aliphatic heterocycles. The van der Waals surface area contributed by atoms with Gasteiger partial charge in [-0.2, -0.15) is 9.97 Å². The lowest BCUT2D eigenvalue weighted by Gasteiger charge is -2.31. The lowest BCUT2D eigenvalue weighted by molar-refractivity contribution is 0.122. The number of anilines is 3. The molecule has 1 aromatic carbocycles. The van der Waals surface area contributed by atoms with Crippen molar-refractivity contribution in [3.8, 4) is 0 Å². The average molecular weight is 449 g/mol. The molecule has 2 fully saturated rings. The second-order valence-electron chi connectivity index (χ2n) is 7.04. The average Bonchev–Trinajstić information content (AvgIpc) is 2.80. The van der Waals surface area contributed by atoms with Crippen LogP contribution in [0, 0.1) is 0 Å². The van der Waals surface area contributed by atoms with Crippen LogP contribution in [-0.2, 0) is 16.0 Å². The van der Waals surface area contributed by atoms with Gasteiger partial charge in [0.25, 0.3) is 0 Å². The maximum absolute atomic E-state index is 5.94. The van der Waals surface area contributed by atoms with E-state index in [2.05, 4.69) is 20.4 Å². The predicted molar refractivity (Wildman–Crippen MR) is 123 cm³/mol. The van der Waals surface area contributed by atoms with Gasteiger partial charge in [-0.25, -0.2) is 0 Å². The fraction of sp³-hybridized carbons (Fsp3) is 0.450. The Hall–Kier alpha value is -2.20. The lowest BCUT2D eigenvalue weighted by atomic mass is 10.2. The van der Waals surface area contributed by atoms with Crippen LogP contribution >= 0.6 is 23.8 Å². The Kier molecular flexibility index (Phi) is 7.16. The van der Waals surface area contributed by atoms with E-state index in [1.165, 1.54) is 0 Å². The molecule has 10 heteroatoms. The molecule has 3 heterocycles. The van der Waals surface area contributed by atoms with Gasteiger partial charge in [0.2, 0.25) is 5.95 Å². The van der Waals surface area contributed by atoms with Crippen LogP contribution in [-0.4, -0.2) is 67.7 Å². The Morgan fingerprint density at radius 2 is 1.47 bits per heavy atom. The van der Waals surface area contributed by atoms with Crippen LogP contribution in [0.5, 0.6) is 0 Å². The van der Waals surface area contributed by atoms with Crippen molar-refractivity contribution in [3.63, 3.8) is 0 Å². The molecule has 1 aromatic heterocycles. The van der Waals surface area contributed by atoms with Gasteiger partial charge in [0, 0.05) is 43.8 Å². The van der Waals surface area contributed by atoms with Crippen molar-refractivity contribution in [1.82, 2.24) is 15.3 Å². The predicted octanol–water partition coefficient (Wildman–Crippen LogP) is 2.29. The van der Waals surface area contributed by atoms with Gasteiger partial charge in [-0.3, -0.25) is 0 Å². The minimum Gasteiger partial charge on any atom is -0.378 e. The number of nitrogens with one attached hydrogen (secondary N) is 2. The molecule has 30 heavy (non-hydrogen) atoms. The largest absolute Gasteiger partial charge is 0.378 e. The van der Waals surface area contributed by atoms with Crippen LogP contribution < -0.4 is 20.4 Å². The van der Waals surface area contributed by atoms with Gasteiger partial charge in [0.05, 0.1) is 26.4 Å². The molecule has 0 aliphatic carbocycles. The van der Waals surface area contributed by atoms with Crippen molar-refractivity contribution >= 4 is 46.5 Å². The number of hydrogen-bond donors (Lipinski definition) is 2. The van der Waals surface area contributed by atoms with Crippen LogP contribution in [0.15, 0.2) is 30.3 Å². The molecule has 8 nitrogen and oxygen atoms in total. The minimum absolute atomic E-state index is 0.469. The third-order valence-electron chi connectivity index (χ3n) is 4.96. The Bertz CT molecular complexity index is 821. The molecule has 0 unspecified atom stereocenters. The minimum atomic E-state index is 0.469. The lowest BCUT2D eigenvalue weighted by Crippen LogP contribution is -2.39. The van der Waals surface area contributed by atoms with E-state index in [0.29, 0.717) is 49.1 Å². The number of nitrogens with zero attached hydrogens (tertiary/aromatic N) is 4. The molecule has 2 saturated heterocycles. The Morgan fingerprint density at radius 3 is 2.00 bits per heavy atom. The van der Waals surface area contributed by atoms with Gasteiger partial charge in [-0.15, -0.1) is 0 Å². The van der Waals surface area contributed by atoms with E-state index in [4.69, 9.17) is 43.3 Å². The normalized spacial score (nSPS) is 17.0. The first-order valence-electron chi connectivity index (χ1n) is 10.0. The zero-order chi connectivity index (χ0) is 20.8. The standard InChI is InChI=1S/C20H25ClN6O2S/c21-16-3-1-15(2-4-16)14-22-20(30)25-19-23-17(26-5-9-28-10-6-26)13-18(24-19)27-7-11-29-12-8-27/h1-4,13H,5-12,14H2,(H2,22,23,24,25,30). The molecular formula is C20H25ClN6O2S. The van der Waals surface area contributed by atoms with Crippen molar-refractivity contribution in [3.05, 3.63) is 40.9 Å². The molecule has 0 saturated carbocycles. The number of benzene rings is 1. The van der Waals surface area contributed by atoms with Gasteiger partial charge in [0.1, 0.15) is 11.6 Å². The Morgan fingerprint density at radius 1 is 0.933 bits per heavy atom. The van der Waals surface area contributed by atoms with E-state index in [0.717, 1.165) is 43.4 Å². The second-order valence-corrected chi connectivity index (χ2v) is 7.89. The zero-order valence-electron chi connectivity index (χ0n) is 16.6. The van der Waals surface area contributed by atoms with Crippen molar-refractivity contribution in [2.45, 2.75) is 6.54 Å². The van der Waals surface area contributed by atoms with Crippen LogP contribution in [0.2, 0.25) is 5.02 Å². The highest BCUT2D eigenvalue weighted by atomic mass is 35.5.